The van der Waals surface area contributed by atoms with Crippen LogP contribution in [0.2, 0.25) is 0 Å². The first-order valence-electron chi connectivity index (χ1n) is 6.10. The van der Waals surface area contributed by atoms with E-state index in [1.807, 2.05) is 0 Å². The minimum atomic E-state index is -0.178. The molecule has 17 heavy (non-hydrogen) atoms. The van der Waals surface area contributed by atoms with Crippen molar-refractivity contribution >= 4 is 5.97 Å². The molecule has 0 aromatic heterocycles. The molecule has 0 aromatic rings. The SMILES string of the molecule is C#CCCN(CCC(=O)OC)CC1CCCO1. The van der Waals surface area contributed by atoms with Crippen molar-refractivity contribution in [1.82, 2.24) is 4.90 Å². The van der Waals surface area contributed by atoms with Crippen LogP contribution in [0.15, 0.2) is 0 Å². The Hall–Kier alpha value is -1.05. The van der Waals surface area contributed by atoms with Crippen LogP contribution in [0.25, 0.3) is 0 Å². The number of esters is 1. The van der Waals surface area contributed by atoms with Crippen molar-refractivity contribution in [2.24, 2.45) is 0 Å². The van der Waals surface area contributed by atoms with Crippen LogP contribution in [0.4, 0.5) is 0 Å². The third-order valence-electron chi connectivity index (χ3n) is 2.92. The summed E-state index contributed by atoms with van der Waals surface area (Å²) in [6.45, 7) is 3.21. The second-order valence-electron chi connectivity index (χ2n) is 4.22. The molecule has 1 fully saturated rings. The highest BCUT2D eigenvalue weighted by atomic mass is 16.5. The van der Waals surface area contributed by atoms with Gasteiger partial charge in [-0.1, -0.05) is 0 Å². The van der Waals surface area contributed by atoms with E-state index in [0.717, 1.165) is 32.5 Å². The maximum atomic E-state index is 11.1. The van der Waals surface area contributed by atoms with Crippen LogP contribution >= 0.6 is 0 Å². The van der Waals surface area contributed by atoms with Gasteiger partial charge in [-0.05, 0) is 12.8 Å². The molecule has 0 spiro atoms. The number of nitrogens with zero attached hydrogens (tertiary/aromatic N) is 1. The van der Waals surface area contributed by atoms with Crippen LogP contribution in [0, 0.1) is 12.3 Å². The van der Waals surface area contributed by atoms with Gasteiger partial charge in [0.1, 0.15) is 0 Å². The number of rotatable bonds is 7. The summed E-state index contributed by atoms with van der Waals surface area (Å²) in [6, 6.07) is 0. The van der Waals surface area contributed by atoms with Crippen LogP contribution in [-0.4, -0.2) is 50.3 Å². The summed E-state index contributed by atoms with van der Waals surface area (Å²) in [4.78, 5) is 13.3. The molecule has 0 N–H and O–H groups in total. The lowest BCUT2D eigenvalue weighted by Crippen LogP contribution is -2.34. The van der Waals surface area contributed by atoms with Gasteiger partial charge in [0, 0.05) is 32.7 Å². The van der Waals surface area contributed by atoms with Crippen LogP contribution in [0.3, 0.4) is 0 Å². The molecule has 1 rings (SSSR count). The predicted molar refractivity (Wildman–Crippen MR) is 65.5 cm³/mol. The minimum absolute atomic E-state index is 0.178. The predicted octanol–water partition coefficient (Wildman–Crippen LogP) is 1.05. The van der Waals surface area contributed by atoms with Crippen LogP contribution in [0.5, 0.6) is 0 Å². The summed E-state index contributed by atoms with van der Waals surface area (Å²) in [5.41, 5.74) is 0. The number of hydrogen-bond donors (Lipinski definition) is 0. The summed E-state index contributed by atoms with van der Waals surface area (Å²) in [5.74, 6) is 2.45. The standard InChI is InChI=1S/C13H21NO3/c1-3-4-8-14(9-7-13(15)16-2)11-12-6-5-10-17-12/h1,12H,4-11H2,2H3. The topological polar surface area (TPSA) is 38.8 Å². The van der Waals surface area contributed by atoms with Gasteiger partial charge in [0.05, 0.1) is 19.6 Å². The fourth-order valence-corrected chi connectivity index (χ4v) is 1.94. The van der Waals surface area contributed by atoms with Crippen molar-refractivity contribution in [2.75, 3.05) is 33.4 Å². The molecule has 1 heterocycles. The summed E-state index contributed by atoms with van der Waals surface area (Å²) < 4.78 is 10.2. The van der Waals surface area contributed by atoms with Crippen molar-refractivity contribution in [2.45, 2.75) is 31.8 Å². The highest BCUT2D eigenvalue weighted by molar-refractivity contribution is 5.69. The van der Waals surface area contributed by atoms with Gasteiger partial charge in [0.15, 0.2) is 0 Å². The lowest BCUT2D eigenvalue weighted by atomic mass is 10.2. The zero-order valence-corrected chi connectivity index (χ0v) is 10.5. The van der Waals surface area contributed by atoms with Gasteiger partial charge in [-0.25, -0.2) is 0 Å². The quantitative estimate of drug-likeness (QED) is 0.492. The molecular weight excluding hydrogens is 218 g/mol. The number of ether oxygens (including phenoxy) is 2. The number of carbonyl (C=O) groups excluding carboxylic acids is 1. The number of hydrogen-bond acceptors (Lipinski definition) is 4. The zero-order chi connectivity index (χ0) is 12.5. The Balaban J connectivity index is 2.30. The lowest BCUT2D eigenvalue weighted by Gasteiger charge is -2.23. The average Bonchev–Trinajstić information content (AvgIpc) is 2.84. The van der Waals surface area contributed by atoms with Gasteiger partial charge in [0.25, 0.3) is 0 Å². The first kappa shape index (κ1) is 14.0. The molecule has 4 nitrogen and oxygen atoms in total. The van der Waals surface area contributed by atoms with Gasteiger partial charge in [0.2, 0.25) is 0 Å². The highest BCUT2D eigenvalue weighted by Crippen LogP contribution is 2.13. The molecule has 0 aromatic carbocycles. The lowest BCUT2D eigenvalue weighted by molar-refractivity contribution is -0.141. The van der Waals surface area contributed by atoms with Gasteiger partial charge < -0.3 is 9.47 Å². The summed E-state index contributed by atoms with van der Waals surface area (Å²) in [6.07, 6.45) is 8.91. The zero-order valence-electron chi connectivity index (χ0n) is 10.5. The van der Waals surface area contributed by atoms with Crippen molar-refractivity contribution in [3.8, 4) is 12.3 Å². The van der Waals surface area contributed by atoms with E-state index >= 15 is 0 Å². The number of carbonyl (C=O) groups is 1. The Morgan fingerprint density at radius 3 is 3.00 bits per heavy atom. The Morgan fingerprint density at radius 1 is 1.59 bits per heavy atom. The summed E-state index contributed by atoms with van der Waals surface area (Å²) in [7, 11) is 1.41. The summed E-state index contributed by atoms with van der Waals surface area (Å²) >= 11 is 0. The minimum Gasteiger partial charge on any atom is -0.469 e. The molecule has 1 aliphatic rings. The van der Waals surface area contributed by atoms with Gasteiger partial charge in [-0.3, -0.25) is 9.69 Å². The fraction of sp³-hybridized carbons (Fsp3) is 0.769. The molecule has 96 valence electrons. The second kappa shape index (κ2) is 8.10. The highest BCUT2D eigenvalue weighted by Gasteiger charge is 2.19. The van der Waals surface area contributed by atoms with E-state index in [9.17, 15) is 4.79 Å². The molecule has 0 aliphatic carbocycles. The molecule has 1 aliphatic heterocycles. The normalized spacial score (nSPS) is 19.2. The molecule has 1 atom stereocenters. The molecule has 1 unspecified atom stereocenters. The van der Waals surface area contributed by atoms with Crippen molar-refractivity contribution in [1.29, 1.82) is 0 Å². The fourth-order valence-electron chi connectivity index (χ4n) is 1.94. The maximum absolute atomic E-state index is 11.1. The largest absolute Gasteiger partial charge is 0.469 e. The first-order valence-corrected chi connectivity index (χ1v) is 6.10. The average molecular weight is 239 g/mol. The van der Waals surface area contributed by atoms with Crippen LogP contribution < -0.4 is 0 Å². The maximum Gasteiger partial charge on any atom is 0.306 e. The van der Waals surface area contributed by atoms with E-state index in [2.05, 4.69) is 15.6 Å². The van der Waals surface area contributed by atoms with E-state index in [1.165, 1.54) is 7.11 Å². The molecule has 0 bridgehead atoms. The number of terminal acetylenes is 1. The molecule has 0 radical (unpaired) electrons. The van der Waals surface area contributed by atoms with E-state index < -0.39 is 0 Å². The summed E-state index contributed by atoms with van der Waals surface area (Å²) in [5, 5.41) is 0. The van der Waals surface area contributed by atoms with E-state index in [4.69, 9.17) is 11.2 Å². The van der Waals surface area contributed by atoms with Gasteiger partial charge in [-0.2, -0.15) is 0 Å². The number of methoxy groups -OCH3 is 1. The molecule has 4 heteroatoms. The molecule has 0 saturated carbocycles. The van der Waals surface area contributed by atoms with E-state index in [1.54, 1.807) is 0 Å². The van der Waals surface area contributed by atoms with Gasteiger partial charge >= 0.3 is 5.97 Å². The van der Waals surface area contributed by atoms with E-state index in [0.29, 0.717) is 25.5 Å². The second-order valence-corrected chi connectivity index (χ2v) is 4.22. The third kappa shape index (κ3) is 5.71. The van der Waals surface area contributed by atoms with Crippen LogP contribution in [-0.2, 0) is 14.3 Å². The molecule has 1 saturated heterocycles. The monoisotopic (exact) mass is 239 g/mol. The third-order valence-corrected chi connectivity index (χ3v) is 2.92. The van der Waals surface area contributed by atoms with Gasteiger partial charge in [-0.15, -0.1) is 12.3 Å². The Kier molecular flexibility index (Phi) is 6.68. The smallest absolute Gasteiger partial charge is 0.306 e. The Bertz CT molecular complexity index is 266. The van der Waals surface area contributed by atoms with E-state index in [-0.39, 0.29) is 5.97 Å². The Labute approximate surface area is 103 Å². The van der Waals surface area contributed by atoms with Crippen LogP contribution in [0.1, 0.15) is 25.7 Å². The Morgan fingerprint density at radius 2 is 2.41 bits per heavy atom. The van der Waals surface area contributed by atoms with Crippen molar-refractivity contribution in [3.63, 3.8) is 0 Å². The van der Waals surface area contributed by atoms with Crippen molar-refractivity contribution < 1.29 is 14.3 Å². The molecule has 0 amide bonds. The molecular formula is C13H21NO3. The van der Waals surface area contributed by atoms with Crippen molar-refractivity contribution in [3.05, 3.63) is 0 Å². The first-order chi connectivity index (χ1) is 8.26.